The highest BCUT2D eigenvalue weighted by Crippen LogP contribution is 2.21. The Labute approximate surface area is 229 Å². The fourth-order valence-electron chi connectivity index (χ4n) is 4.14. The summed E-state index contributed by atoms with van der Waals surface area (Å²) in [4.78, 5) is 40.4. The number of nitrogens with zero attached hydrogens (tertiary/aromatic N) is 1. The number of ether oxygens (including phenoxy) is 2. The van der Waals surface area contributed by atoms with E-state index >= 15 is 0 Å². The molecule has 0 aromatic heterocycles. The van der Waals surface area contributed by atoms with Crippen LogP contribution in [0.5, 0.6) is 0 Å². The van der Waals surface area contributed by atoms with Crippen molar-refractivity contribution < 1.29 is 34.1 Å². The van der Waals surface area contributed by atoms with E-state index in [0.29, 0.717) is 29.7 Å². The molecule has 0 spiro atoms. The first-order valence-corrected chi connectivity index (χ1v) is 12.9. The minimum Gasteiger partial charge on any atom is -0.390 e. The summed E-state index contributed by atoms with van der Waals surface area (Å²) in [5.41, 5.74) is 0.482. The zero-order valence-electron chi connectivity index (χ0n) is 22.8. The van der Waals surface area contributed by atoms with E-state index in [0.717, 1.165) is 23.3 Å². The van der Waals surface area contributed by atoms with Gasteiger partial charge < -0.3 is 29.9 Å². The molecule has 9 heteroatoms. The van der Waals surface area contributed by atoms with Crippen molar-refractivity contribution in [3.8, 4) is 11.8 Å². The van der Waals surface area contributed by atoms with Gasteiger partial charge in [0.15, 0.2) is 17.6 Å². The molecule has 2 aromatic rings. The van der Waals surface area contributed by atoms with Gasteiger partial charge in [0.05, 0.1) is 6.10 Å². The van der Waals surface area contributed by atoms with Crippen molar-refractivity contribution in [1.29, 1.82) is 0 Å². The lowest BCUT2D eigenvalue weighted by Gasteiger charge is -2.36. The number of amides is 2. The van der Waals surface area contributed by atoms with E-state index in [1.54, 1.807) is 48.5 Å². The molecule has 1 unspecified atom stereocenters. The van der Waals surface area contributed by atoms with Gasteiger partial charge >= 0.3 is 0 Å². The smallest absolute Gasteiger partial charge is 0.254 e. The molecule has 3 N–H and O–H groups in total. The summed E-state index contributed by atoms with van der Waals surface area (Å²) in [7, 11) is 2.83. The average Bonchev–Trinajstić information content (AvgIpc) is 2.97. The maximum atomic E-state index is 13.3. The van der Waals surface area contributed by atoms with Crippen LogP contribution in [0.25, 0.3) is 0 Å². The van der Waals surface area contributed by atoms with Crippen molar-refractivity contribution in [2.24, 2.45) is 0 Å². The highest BCUT2D eigenvalue weighted by atomic mass is 16.7. The first kappa shape index (κ1) is 30.0. The quantitative estimate of drug-likeness (QED) is 0.331. The van der Waals surface area contributed by atoms with Gasteiger partial charge in [0.2, 0.25) is 0 Å². The molecule has 2 aromatic carbocycles. The highest BCUT2D eigenvalue weighted by molar-refractivity contribution is 6.14. The number of nitrogens with one attached hydrogen (secondary N) is 1. The Morgan fingerprint density at radius 1 is 1.08 bits per heavy atom. The maximum absolute atomic E-state index is 13.3. The van der Waals surface area contributed by atoms with Crippen LogP contribution in [0.4, 0.5) is 0 Å². The molecule has 1 aliphatic rings. The van der Waals surface area contributed by atoms with Crippen molar-refractivity contribution in [1.82, 2.24) is 10.2 Å². The number of ketones is 1. The molecule has 0 radical (unpaired) electrons. The first-order valence-electron chi connectivity index (χ1n) is 12.9. The second-order valence-electron chi connectivity index (χ2n) is 9.68. The number of benzene rings is 2. The number of carbonyl (C=O) groups is 3. The van der Waals surface area contributed by atoms with Gasteiger partial charge in [-0.25, -0.2) is 0 Å². The lowest BCUT2D eigenvalue weighted by atomic mass is 9.92. The number of aliphatic hydroxyl groups is 2. The third-order valence-electron chi connectivity index (χ3n) is 6.92. The molecular formula is C30H36N2O7. The summed E-state index contributed by atoms with van der Waals surface area (Å²) in [5, 5.41) is 22.0. The summed E-state index contributed by atoms with van der Waals surface area (Å²) < 4.78 is 11.1. The number of aliphatic hydroxyl groups excluding tert-OH is 2. The molecule has 1 aliphatic heterocycles. The van der Waals surface area contributed by atoms with Crippen LogP contribution >= 0.6 is 0 Å². The van der Waals surface area contributed by atoms with Gasteiger partial charge in [0.1, 0.15) is 12.7 Å². The Balaban J connectivity index is 1.70. The van der Waals surface area contributed by atoms with Crippen molar-refractivity contribution in [2.45, 2.75) is 57.1 Å². The number of likely N-dealkylation sites (N-methyl/N-ethyl adjacent to an activating group) is 2. The van der Waals surface area contributed by atoms with Gasteiger partial charge in [-0.2, -0.15) is 0 Å². The Morgan fingerprint density at radius 3 is 2.18 bits per heavy atom. The Morgan fingerprint density at radius 2 is 1.67 bits per heavy atom. The van der Waals surface area contributed by atoms with Crippen LogP contribution in [0.3, 0.4) is 0 Å². The molecule has 0 bridgehead atoms. The van der Waals surface area contributed by atoms with E-state index in [4.69, 9.17) is 9.47 Å². The predicted octanol–water partition coefficient (Wildman–Crippen LogP) is 2.19. The highest BCUT2D eigenvalue weighted by Gasteiger charge is 2.46. The van der Waals surface area contributed by atoms with Crippen molar-refractivity contribution in [3.05, 3.63) is 70.8 Å². The minimum atomic E-state index is -1.79. The van der Waals surface area contributed by atoms with E-state index in [1.165, 1.54) is 27.9 Å². The lowest BCUT2D eigenvalue weighted by Crippen LogP contribution is -2.62. The summed E-state index contributed by atoms with van der Waals surface area (Å²) in [6, 6.07) is 13.5. The summed E-state index contributed by atoms with van der Waals surface area (Å²) >= 11 is 0. The molecular weight excluding hydrogens is 500 g/mol. The third-order valence-corrected chi connectivity index (χ3v) is 6.92. The second-order valence-corrected chi connectivity index (χ2v) is 9.68. The van der Waals surface area contributed by atoms with Crippen molar-refractivity contribution in [2.75, 3.05) is 27.3 Å². The fraction of sp³-hybridized carbons (Fsp3) is 0.433. The minimum absolute atomic E-state index is 0.291. The Hall–Kier alpha value is -3.55. The fourth-order valence-corrected chi connectivity index (χ4v) is 4.14. The standard InChI is InChI=1S/C30H36N2O7/c1-20(33)27(35)23-14-10-21(11-15-23)8-9-22-12-16-24(17-13-22)28(36)32(4)30(2,29(37)31-3)25(34)19-39-26-7-5-6-18-38-26/h10-17,20,26-27,33,35H,5-7,18-19H2,1-4H3,(H,31,37)/t20-,26?,27+,30+/m0/s1. The largest absolute Gasteiger partial charge is 0.390 e. The van der Waals surface area contributed by atoms with Crippen LogP contribution in [0, 0.1) is 11.8 Å². The lowest BCUT2D eigenvalue weighted by molar-refractivity contribution is -0.174. The zero-order chi connectivity index (χ0) is 28.6. The van der Waals surface area contributed by atoms with E-state index in [9.17, 15) is 24.6 Å². The van der Waals surface area contributed by atoms with Gasteiger partial charge in [-0.15, -0.1) is 0 Å². The third kappa shape index (κ3) is 7.31. The van der Waals surface area contributed by atoms with Crippen LogP contribution < -0.4 is 5.32 Å². The molecule has 1 fully saturated rings. The van der Waals surface area contributed by atoms with Gasteiger partial charge in [0, 0.05) is 37.4 Å². The first-order chi connectivity index (χ1) is 18.6. The number of rotatable bonds is 9. The SMILES string of the molecule is CNC(=O)[C@@](C)(C(=O)COC1CCCCO1)N(C)C(=O)c1ccc(C#Cc2ccc([C@H](O)[C@H](C)O)cc2)cc1. The molecule has 1 saturated heterocycles. The summed E-state index contributed by atoms with van der Waals surface area (Å²) in [6.07, 6.45) is 0.207. The molecule has 3 rings (SSSR count). The predicted molar refractivity (Wildman–Crippen MR) is 145 cm³/mol. The molecule has 39 heavy (non-hydrogen) atoms. The molecule has 208 valence electrons. The Bertz CT molecular complexity index is 1210. The number of carbonyl (C=O) groups excluding carboxylic acids is 3. The normalized spacial score (nSPS) is 18.1. The molecule has 1 heterocycles. The second kappa shape index (κ2) is 13.5. The van der Waals surface area contributed by atoms with Crippen molar-refractivity contribution in [3.63, 3.8) is 0 Å². The molecule has 2 amide bonds. The maximum Gasteiger partial charge on any atom is 0.254 e. The van der Waals surface area contributed by atoms with Gasteiger partial charge in [-0.3, -0.25) is 14.4 Å². The van der Waals surface area contributed by atoms with E-state index < -0.39 is 41.6 Å². The van der Waals surface area contributed by atoms with Crippen LogP contribution in [0.2, 0.25) is 0 Å². The molecule has 0 saturated carbocycles. The van der Waals surface area contributed by atoms with E-state index in [2.05, 4.69) is 17.2 Å². The number of hydrogen-bond acceptors (Lipinski definition) is 7. The molecule has 9 nitrogen and oxygen atoms in total. The summed E-state index contributed by atoms with van der Waals surface area (Å²) in [5.74, 6) is 4.36. The van der Waals surface area contributed by atoms with Crippen LogP contribution in [-0.2, 0) is 19.1 Å². The van der Waals surface area contributed by atoms with Gasteiger partial charge in [-0.1, -0.05) is 24.0 Å². The summed E-state index contributed by atoms with van der Waals surface area (Å²) in [6.45, 7) is 3.12. The molecule has 4 atom stereocenters. The monoisotopic (exact) mass is 536 g/mol. The zero-order valence-corrected chi connectivity index (χ0v) is 22.8. The average molecular weight is 537 g/mol. The van der Waals surface area contributed by atoms with Crippen molar-refractivity contribution >= 4 is 17.6 Å². The molecule has 0 aliphatic carbocycles. The van der Waals surface area contributed by atoms with E-state index in [1.807, 2.05) is 0 Å². The van der Waals surface area contributed by atoms with E-state index in [-0.39, 0.29) is 6.61 Å². The number of hydrogen-bond donors (Lipinski definition) is 3. The Kier molecular flexibility index (Phi) is 10.4. The van der Waals surface area contributed by atoms with Crippen LogP contribution in [0.1, 0.15) is 66.3 Å². The van der Waals surface area contributed by atoms with Crippen LogP contribution in [0.15, 0.2) is 48.5 Å². The van der Waals surface area contributed by atoms with Crippen LogP contribution in [-0.4, -0.2) is 78.0 Å². The number of Topliss-reactive ketones (excluding diaryl/α,β-unsaturated/α-hetero) is 1. The topological polar surface area (TPSA) is 125 Å². The van der Waals surface area contributed by atoms with Gasteiger partial charge in [0.25, 0.3) is 11.8 Å². The van der Waals surface area contributed by atoms with Gasteiger partial charge in [-0.05, 0) is 75.1 Å².